The standard InChI is InChI=1S/C21H30F3N3O2/c1-4-7-8-14-29-27-16-17(21(22,23)24)15-25-20(27)26(6-3)18-9-11-19(12-10-18)28-13-5-2/h9-12,15-16,20H,4-8,13-14H2,1-3H3. The summed E-state index contributed by atoms with van der Waals surface area (Å²) in [5, 5.41) is 1.21. The highest BCUT2D eigenvalue weighted by Crippen LogP contribution is 2.30. The summed E-state index contributed by atoms with van der Waals surface area (Å²) in [5.41, 5.74) is -0.00637. The molecule has 29 heavy (non-hydrogen) atoms. The van der Waals surface area contributed by atoms with Crippen molar-refractivity contribution >= 4 is 11.9 Å². The lowest BCUT2D eigenvalue weighted by atomic mass is 10.2. The normalized spacial score (nSPS) is 16.7. The molecule has 8 heteroatoms. The van der Waals surface area contributed by atoms with Crippen LogP contribution < -0.4 is 9.64 Å². The van der Waals surface area contributed by atoms with Crippen molar-refractivity contribution in [2.24, 2.45) is 4.99 Å². The van der Waals surface area contributed by atoms with E-state index in [-0.39, 0.29) is 0 Å². The maximum Gasteiger partial charge on any atom is 0.419 e. The Hall–Kier alpha value is -2.22. The Bertz CT molecular complexity index is 675. The third kappa shape index (κ3) is 6.66. The van der Waals surface area contributed by atoms with E-state index < -0.39 is 18.0 Å². The molecule has 0 radical (unpaired) electrons. The SMILES string of the molecule is CCCCCON1C=C(C(F)(F)F)C=NC1N(CC)c1ccc(OCCC)cc1. The number of hydrogen-bond donors (Lipinski definition) is 0. The Balaban J connectivity index is 2.19. The Morgan fingerprint density at radius 2 is 1.76 bits per heavy atom. The first kappa shape index (κ1) is 23.1. The predicted molar refractivity (Wildman–Crippen MR) is 109 cm³/mol. The zero-order valence-electron chi connectivity index (χ0n) is 17.3. The highest BCUT2D eigenvalue weighted by Gasteiger charge is 2.37. The van der Waals surface area contributed by atoms with Crippen LogP contribution >= 0.6 is 0 Å². The average molecular weight is 413 g/mol. The van der Waals surface area contributed by atoms with Crippen LogP contribution in [0.3, 0.4) is 0 Å². The lowest BCUT2D eigenvalue weighted by Gasteiger charge is -2.38. The summed E-state index contributed by atoms with van der Waals surface area (Å²) in [5.74, 6) is 0.755. The van der Waals surface area contributed by atoms with Gasteiger partial charge in [-0.05, 0) is 44.0 Å². The molecular weight excluding hydrogens is 383 g/mol. The summed E-state index contributed by atoms with van der Waals surface area (Å²) in [6.07, 6.45) is 0.315. The van der Waals surface area contributed by atoms with Crippen LogP contribution in [0.5, 0.6) is 5.75 Å². The van der Waals surface area contributed by atoms with Crippen LogP contribution in [0.25, 0.3) is 0 Å². The van der Waals surface area contributed by atoms with Gasteiger partial charge in [0, 0.05) is 24.6 Å². The van der Waals surface area contributed by atoms with Crippen LogP contribution in [-0.2, 0) is 4.84 Å². The molecule has 1 aliphatic rings. The third-order valence-corrected chi connectivity index (χ3v) is 4.42. The van der Waals surface area contributed by atoms with Crippen molar-refractivity contribution in [3.8, 4) is 5.75 Å². The smallest absolute Gasteiger partial charge is 0.419 e. The Labute approximate surface area is 170 Å². The largest absolute Gasteiger partial charge is 0.494 e. The summed E-state index contributed by atoms with van der Waals surface area (Å²) in [6, 6.07) is 7.46. The maximum absolute atomic E-state index is 13.2. The van der Waals surface area contributed by atoms with Gasteiger partial charge in [-0.3, -0.25) is 4.84 Å². The van der Waals surface area contributed by atoms with Crippen molar-refractivity contribution in [1.82, 2.24) is 5.06 Å². The minimum atomic E-state index is -4.48. The number of hydroxylamine groups is 2. The number of ether oxygens (including phenoxy) is 1. The summed E-state index contributed by atoms with van der Waals surface area (Å²) in [4.78, 5) is 11.7. The van der Waals surface area contributed by atoms with E-state index in [1.165, 1.54) is 5.06 Å². The Morgan fingerprint density at radius 3 is 2.34 bits per heavy atom. The van der Waals surface area contributed by atoms with Crippen LogP contribution in [0.4, 0.5) is 18.9 Å². The van der Waals surface area contributed by atoms with E-state index >= 15 is 0 Å². The van der Waals surface area contributed by atoms with E-state index in [1.807, 2.05) is 43.0 Å². The zero-order chi connectivity index (χ0) is 21.3. The summed E-state index contributed by atoms with van der Waals surface area (Å²) in [6.45, 7) is 7.53. The number of anilines is 1. The van der Waals surface area contributed by atoms with Crippen molar-refractivity contribution < 1.29 is 22.7 Å². The minimum absolute atomic E-state index is 0.336. The second-order valence-electron chi connectivity index (χ2n) is 6.74. The van der Waals surface area contributed by atoms with Crippen LogP contribution in [0.15, 0.2) is 41.0 Å². The van der Waals surface area contributed by atoms with Gasteiger partial charge < -0.3 is 9.64 Å². The highest BCUT2D eigenvalue weighted by molar-refractivity contribution is 5.81. The second-order valence-corrected chi connectivity index (χ2v) is 6.74. The molecule has 1 unspecified atom stereocenters. The molecule has 5 nitrogen and oxygen atoms in total. The molecule has 0 saturated carbocycles. The molecule has 1 atom stereocenters. The van der Waals surface area contributed by atoms with Crippen molar-refractivity contribution in [1.29, 1.82) is 0 Å². The molecule has 2 rings (SSSR count). The topological polar surface area (TPSA) is 37.3 Å². The molecule has 0 N–H and O–H groups in total. The van der Waals surface area contributed by atoms with E-state index in [0.29, 0.717) is 19.8 Å². The van der Waals surface area contributed by atoms with Gasteiger partial charge in [0.15, 0.2) is 0 Å². The number of rotatable bonds is 11. The van der Waals surface area contributed by atoms with E-state index in [9.17, 15) is 13.2 Å². The van der Waals surface area contributed by atoms with Gasteiger partial charge in [-0.2, -0.15) is 13.2 Å². The number of benzene rings is 1. The maximum atomic E-state index is 13.2. The van der Waals surface area contributed by atoms with Gasteiger partial charge >= 0.3 is 6.18 Å². The third-order valence-electron chi connectivity index (χ3n) is 4.42. The molecule has 0 fully saturated rings. The molecular formula is C21H30F3N3O2. The van der Waals surface area contributed by atoms with E-state index in [4.69, 9.17) is 9.57 Å². The zero-order valence-corrected chi connectivity index (χ0v) is 17.3. The van der Waals surface area contributed by atoms with Gasteiger partial charge in [-0.1, -0.05) is 26.7 Å². The fraction of sp³-hybridized carbons (Fsp3) is 0.571. The monoisotopic (exact) mass is 413 g/mol. The molecule has 1 heterocycles. The van der Waals surface area contributed by atoms with Crippen LogP contribution in [0, 0.1) is 0 Å². The van der Waals surface area contributed by atoms with Crippen molar-refractivity contribution in [2.45, 2.75) is 58.9 Å². The first-order valence-corrected chi connectivity index (χ1v) is 10.1. The number of nitrogens with zero attached hydrogens (tertiary/aromatic N) is 3. The first-order chi connectivity index (χ1) is 13.9. The molecule has 1 aromatic carbocycles. The number of aliphatic imine (C=N–C) groups is 1. The fourth-order valence-electron chi connectivity index (χ4n) is 2.87. The summed E-state index contributed by atoms with van der Waals surface area (Å²) < 4.78 is 45.1. The van der Waals surface area contributed by atoms with E-state index in [1.54, 1.807) is 0 Å². The predicted octanol–water partition coefficient (Wildman–Crippen LogP) is 5.54. The Morgan fingerprint density at radius 1 is 1.03 bits per heavy atom. The van der Waals surface area contributed by atoms with E-state index in [2.05, 4.69) is 11.9 Å². The van der Waals surface area contributed by atoms with Gasteiger partial charge in [-0.15, -0.1) is 0 Å². The van der Waals surface area contributed by atoms with Gasteiger partial charge in [-0.25, -0.2) is 10.1 Å². The average Bonchev–Trinajstić information content (AvgIpc) is 2.71. The molecule has 1 aliphatic heterocycles. The second kappa shape index (κ2) is 11.1. The minimum Gasteiger partial charge on any atom is -0.494 e. The number of hydrogen-bond acceptors (Lipinski definition) is 5. The Kier molecular flexibility index (Phi) is 8.82. The molecule has 1 aromatic rings. The molecule has 0 aromatic heterocycles. The van der Waals surface area contributed by atoms with Crippen molar-refractivity contribution in [3.63, 3.8) is 0 Å². The van der Waals surface area contributed by atoms with Gasteiger partial charge in [0.05, 0.1) is 18.8 Å². The van der Waals surface area contributed by atoms with Crippen LogP contribution in [-0.4, -0.2) is 43.5 Å². The number of alkyl halides is 3. The quantitative estimate of drug-likeness (QED) is 0.447. The number of unbranched alkanes of at least 4 members (excludes halogenated alkanes) is 2. The molecule has 0 aliphatic carbocycles. The van der Waals surface area contributed by atoms with Gasteiger partial charge in [0.2, 0.25) is 6.29 Å². The number of halogens is 3. The van der Waals surface area contributed by atoms with Crippen molar-refractivity contribution in [2.75, 3.05) is 24.7 Å². The van der Waals surface area contributed by atoms with Crippen LogP contribution in [0.2, 0.25) is 0 Å². The molecule has 0 saturated heterocycles. The fourth-order valence-corrected chi connectivity index (χ4v) is 2.87. The summed E-state index contributed by atoms with van der Waals surface area (Å²) in [7, 11) is 0. The number of allylic oxidation sites excluding steroid dienone is 1. The highest BCUT2D eigenvalue weighted by atomic mass is 19.4. The molecule has 0 spiro atoms. The van der Waals surface area contributed by atoms with E-state index in [0.717, 1.165) is 49.5 Å². The lowest BCUT2D eigenvalue weighted by Crippen LogP contribution is -2.47. The lowest BCUT2D eigenvalue weighted by molar-refractivity contribution is -0.155. The van der Waals surface area contributed by atoms with Crippen molar-refractivity contribution in [3.05, 3.63) is 36.0 Å². The molecule has 162 valence electrons. The van der Waals surface area contributed by atoms with Gasteiger partial charge in [0.25, 0.3) is 0 Å². The van der Waals surface area contributed by atoms with Crippen LogP contribution in [0.1, 0.15) is 46.5 Å². The molecule has 0 amide bonds. The summed E-state index contributed by atoms with van der Waals surface area (Å²) >= 11 is 0. The molecule has 0 bridgehead atoms. The first-order valence-electron chi connectivity index (χ1n) is 10.1. The van der Waals surface area contributed by atoms with Gasteiger partial charge in [0.1, 0.15) is 5.75 Å².